The average molecular weight is 269 g/mol. The minimum Gasteiger partial charge on any atom is -0.303 e. The van der Waals surface area contributed by atoms with Crippen molar-refractivity contribution in [3.63, 3.8) is 0 Å². The van der Waals surface area contributed by atoms with Crippen LogP contribution in [0.5, 0.6) is 0 Å². The Balaban J connectivity index is 2.55. The summed E-state index contributed by atoms with van der Waals surface area (Å²) in [6.07, 6.45) is 2.43. The van der Waals surface area contributed by atoms with Crippen molar-refractivity contribution in [1.82, 2.24) is 4.90 Å². The van der Waals surface area contributed by atoms with E-state index in [2.05, 4.69) is 18.7 Å². The molecule has 0 amide bonds. The van der Waals surface area contributed by atoms with Gasteiger partial charge in [0, 0.05) is 30.6 Å². The SMILES string of the molecule is CCCC(C)N(C)CCC(=O)c1cc(F)cc(F)c1. The molecule has 0 N–H and O–H groups in total. The van der Waals surface area contributed by atoms with Crippen LogP contribution in [0.1, 0.15) is 43.5 Å². The van der Waals surface area contributed by atoms with E-state index in [0.717, 1.165) is 31.0 Å². The number of benzene rings is 1. The first-order chi connectivity index (χ1) is 8.93. The lowest BCUT2D eigenvalue weighted by Crippen LogP contribution is -2.31. The number of hydrogen-bond acceptors (Lipinski definition) is 2. The molecule has 0 aliphatic carbocycles. The molecule has 0 saturated heterocycles. The van der Waals surface area contributed by atoms with Crippen LogP contribution in [0.2, 0.25) is 0 Å². The maximum atomic E-state index is 13.0. The Morgan fingerprint density at radius 3 is 2.37 bits per heavy atom. The van der Waals surface area contributed by atoms with E-state index in [0.29, 0.717) is 12.6 Å². The van der Waals surface area contributed by atoms with Crippen molar-refractivity contribution < 1.29 is 13.6 Å². The van der Waals surface area contributed by atoms with Gasteiger partial charge in [-0.05, 0) is 32.5 Å². The lowest BCUT2D eigenvalue weighted by Gasteiger charge is -2.23. The van der Waals surface area contributed by atoms with E-state index >= 15 is 0 Å². The molecule has 19 heavy (non-hydrogen) atoms. The number of Topliss-reactive ketones (excluding diaryl/α,β-unsaturated/α-hetero) is 1. The van der Waals surface area contributed by atoms with Gasteiger partial charge in [-0.3, -0.25) is 4.79 Å². The topological polar surface area (TPSA) is 20.3 Å². The number of nitrogens with zero attached hydrogens (tertiary/aromatic N) is 1. The van der Waals surface area contributed by atoms with Gasteiger partial charge in [-0.25, -0.2) is 8.78 Å². The molecule has 106 valence electrons. The number of rotatable bonds is 7. The minimum atomic E-state index is -0.712. The average Bonchev–Trinajstić information content (AvgIpc) is 2.34. The van der Waals surface area contributed by atoms with Crippen molar-refractivity contribution >= 4 is 5.78 Å². The van der Waals surface area contributed by atoms with Crippen LogP contribution in [-0.4, -0.2) is 30.3 Å². The highest BCUT2D eigenvalue weighted by atomic mass is 19.1. The molecule has 0 fully saturated rings. The van der Waals surface area contributed by atoms with Gasteiger partial charge in [-0.2, -0.15) is 0 Å². The second-order valence-electron chi connectivity index (χ2n) is 4.95. The zero-order valence-electron chi connectivity index (χ0n) is 11.7. The molecule has 1 aromatic rings. The highest BCUT2D eigenvalue weighted by Crippen LogP contribution is 2.11. The number of carbonyl (C=O) groups excluding carboxylic acids is 1. The standard InChI is InChI=1S/C15H21F2NO/c1-4-5-11(2)18(3)7-6-15(19)12-8-13(16)10-14(17)9-12/h8-11H,4-7H2,1-3H3. The van der Waals surface area contributed by atoms with Gasteiger partial charge in [0.2, 0.25) is 0 Å². The van der Waals surface area contributed by atoms with Gasteiger partial charge in [0.1, 0.15) is 11.6 Å². The molecule has 0 heterocycles. The second-order valence-corrected chi connectivity index (χ2v) is 4.95. The predicted molar refractivity (Wildman–Crippen MR) is 72.3 cm³/mol. The largest absolute Gasteiger partial charge is 0.303 e. The molecule has 1 unspecified atom stereocenters. The van der Waals surface area contributed by atoms with Crippen molar-refractivity contribution in [3.05, 3.63) is 35.4 Å². The third kappa shape index (κ3) is 5.07. The highest BCUT2D eigenvalue weighted by molar-refractivity contribution is 5.96. The Labute approximate surface area is 113 Å². The zero-order valence-corrected chi connectivity index (χ0v) is 11.7. The molecule has 4 heteroatoms. The number of ketones is 1. The summed E-state index contributed by atoms with van der Waals surface area (Å²) >= 11 is 0. The summed E-state index contributed by atoms with van der Waals surface area (Å²) < 4.78 is 26.0. The van der Waals surface area contributed by atoms with Crippen LogP contribution in [0.15, 0.2) is 18.2 Å². The first-order valence-electron chi connectivity index (χ1n) is 6.63. The summed E-state index contributed by atoms with van der Waals surface area (Å²) in [5, 5.41) is 0. The summed E-state index contributed by atoms with van der Waals surface area (Å²) in [6.45, 7) is 4.82. The smallest absolute Gasteiger partial charge is 0.164 e. The first kappa shape index (κ1) is 15.8. The van der Waals surface area contributed by atoms with Gasteiger partial charge >= 0.3 is 0 Å². The van der Waals surface area contributed by atoms with Crippen LogP contribution in [0.3, 0.4) is 0 Å². The maximum absolute atomic E-state index is 13.0. The molecule has 0 aliphatic heterocycles. The number of carbonyl (C=O) groups is 1. The van der Waals surface area contributed by atoms with E-state index in [4.69, 9.17) is 0 Å². The molecule has 0 radical (unpaired) electrons. The van der Waals surface area contributed by atoms with E-state index in [1.165, 1.54) is 0 Å². The van der Waals surface area contributed by atoms with Gasteiger partial charge in [0.15, 0.2) is 5.78 Å². The van der Waals surface area contributed by atoms with Gasteiger partial charge in [-0.1, -0.05) is 13.3 Å². The monoisotopic (exact) mass is 269 g/mol. The lowest BCUT2D eigenvalue weighted by molar-refractivity contribution is 0.0960. The fraction of sp³-hybridized carbons (Fsp3) is 0.533. The maximum Gasteiger partial charge on any atom is 0.164 e. The summed E-state index contributed by atoms with van der Waals surface area (Å²) in [5.74, 6) is -1.65. The van der Waals surface area contributed by atoms with Crippen LogP contribution in [0.4, 0.5) is 8.78 Å². The first-order valence-corrected chi connectivity index (χ1v) is 6.63. The summed E-state index contributed by atoms with van der Waals surface area (Å²) in [7, 11) is 1.96. The van der Waals surface area contributed by atoms with Crippen molar-refractivity contribution in [3.8, 4) is 0 Å². The van der Waals surface area contributed by atoms with E-state index in [9.17, 15) is 13.6 Å². The zero-order chi connectivity index (χ0) is 14.4. The fourth-order valence-electron chi connectivity index (χ4n) is 2.00. The van der Waals surface area contributed by atoms with Crippen LogP contribution in [0.25, 0.3) is 0 Å². The van der Waals surface area contributed by atoms with Crippen molar-refractivity contribution in [2.24, 2.45) is 0 Å². The van der Waals surface area contributed by atoms with Crippen molar-refractivity contribution in [1.29, 1.82) is 0 Å². The predicted octanol–water partition coefficient (Wildman–Crippen LogP) is 3.66. The van der Waals surface area contributed by atoms with E-state index < -0.39 is 11.6 Å². The molecule has 1 rings (SSSR count). The Hall–Kier alpha value is -1.29. The van der Waals surface area contributed by atoms with Gasteiger partial charge in [0.25, 0.3) is 0 Å². The molecule has 0 bridgehead atoms. The lowest BCUT2D eigenvalue weighted by atomic mass is 10.1. The third-order valence-electron chi connectivity index (χ3n) is 3.33. The molecule has 0 aliphatic rings. The molecule has 0 saturated carbocycles. The highest BCUT2D eigenvalue weighted by Gasteiger charge is 2.13. The van der Waals surface area contributed by atoms with Crippen LogP contribution in [0, 0.1) is 11.6 Å². The fourth-order valence-corrected chi connectivity index (χ4v) is 2.00. The minimum absolute atomic E-state index is 0.106. The van der Waals surface area contributed by atoms with Gasteiger partial charge in [-0.15, -0.1) is 0 Å². The Morgan fingerprint density at radius 2 is 1.84 bits per heavy atom. The van der Waals surface area contributed by atoms with E-state index in [1.54, 1.807) is 0 Å². The number of halogens is 2. The molecular formula is C15H21F2NO. The summed E-state index contributed by atoms with van der Waals surface area (Å²) in [4.78, 5) is 14.0. The van der Waals surface area contributed by atoms with Crippen molar-refractivity contribution in [2.45, 2.75) is 39.2 Å². The Kier molecular flexibility index (Phi) is 6.09. The van der Waals surface area contributed by atoms with Crippen LogP contribution in [-0.2, 0) is 0 Å². The van der Waals surface area contributed by atoms with Gasteiger partial charge in [0.05, 0.1) is 0 Å². The Morgan fingerprint density at radius 1 is 1.26 bits per heavy atom. The molecule has 0 spiro atoms. The quantitative estimate of drug-likeness (QED) is 0.704. The van der Waals surface area contributed by atoms with Crippen LogP contribution >= 0.6 is 0 Å². The molecule has 1 atom stereocenters. The molecule has 2 nitrogen and oxygen atoms in total. The molecule has 0 aromatic heterocycles. The summed E-state index contributed by atoms with van der Waals surface area (Å²) in [6, 6.07) is 3.34. The molecular weight excluding hydrogens is 248 g/mol. The summed E-state index contributed by atoms with van der Waals surface area (Å²) in [5.41, 5.74) is 0.106. The van der Waals surface area contributed by atoms with Gasteiger partial charge < -0.3 is 4.90 Å². The van der Waals surface area contributed by atoms with E-state index in [1.807, 2.05) is 7.05 Å². The Bertz CT molecular complexity index is 414. The normalized spacial score (nSPS) is 12.7. The van der Waals surface area contributed by atoms with Crippen molar-refractivity contribution in [2.75, 3.05) is 13.6 Å². The second kappa shape index (κ2) is 7.34. The third-order valence-corrected chi connectivity index (χ3v) is 3.33. The molecule has 1 aromatic carbocycles. The van der Waals surface area contributed by atoms with E-state index in [-0.39, 0.29) is 17.8 Å². The number of hydrogen-bond donors (Lipinski definition) is 0. The van der Waals surface area contributed by atoms with Crippen LogP contribution < -0.4 is 0 Å².